The highest BCUT2D eigenvalue weighted by Gasteiger charge is 2.09. The molecule has 0 bridgehead atoms. The number of amides is 1. The highest BCUT2D eigenvalue weighted by molar-refractivity contribution is 6.02. The van der Waals surface area contributed by atoms with Crippen molar-refractivity contribution in [2.75, 3.05) is 5.32 Å². The Balaban J connectivity index is 1.52. The molecule has 0 unspecified atom stereocenters. The van der Waals surface area contributed by atoms with Crippen LogP contribution in [0.4, 0.5) is 10.5 Å². The summed E-state index contributed by atoms with van der Waals surface area (Å²) in [7, 11) is 0. The first-order valence-corrected chi connectivity index (χ1v) is 12.4. The van der Waals surface area contributed by atoms with Crippen LogP contribution in [-0.2, 0) is 4.84 Å². The van der Waals surface area contributed by atoms with Crippen molar-refractivity contribution in [2.24, 2.45) is 5.16 Å². The van der Waals surface area contributed by atoms with E-state index in [2.05, 4.69) is 17.4 Å². The predicted molar refractivity (Wildman–Crippen MR) is 139 cm³/mol. The molecule has 0 heterocycles. The number of carbonyl (C=O) groups is 1. The molecule has 0 radical (unpaired) electrons. The average molecular weight is 445 g/mol. The zero-order valence-electron chi connectivity index (χ0n) is 19.8. The molecule has 1 amide bonds. The SMILES string of the molecule is CCCCCCCCCCC/C(=N\OC(=O)Nc1cccc2ccccc12)c1ccccc1. The molecule has 4 nitrogen and oxygen atoms in total. The van der Waals surface area contributed by atoms with Crippen LogP contribution in [0.1, 0.15) is 76.7 Å². The maximum absolute atomic E-state index is 12.5. The number of hydrogen-bond donors (Lipinski definition) is 1. The van der Waals surface area contributed by atoms with Crippen molar-refractivity contribution in [1.29, 1.82) is 0 Å². The minimum absolute atomic E-state index is 0.577. The van der Waals surface area contributed by atoms with Gasteiger partial charge in [0, 0.05) is 5.39 Å². The summed E-state index contributed by atoms with van der Waals surface area (Å²) < 4.78 is 0. The Morgan fingerprint density at radius 3 is 2.15 bits per heavy atom. The first-order valence-electron chi connectivity index (χ1n) is 12.4. The Morgan fingerprint density at radius 2 is 1.39 bits per heavy atom. The Labute approximate surface area is 198 Å². The van der Waals surface area contributed by atoms with E-state index in [9.17, 15) is 4.79 Å². The fourth-order valence-corrected chi connectivity index (χ4v) is 4.04. The molecule has 0 atom stereocenters. The van der Waals surface area contributed by atoms with Gasteiger partial charge in [-0.2, -0.15) is 0 Å². The zero-order valence-corrected chi connectivity index (χ0v) is 19.8. The average Bonchev–Trinajstić information content (AvgIpc) is 2.85. The standard InChI is InChI=1S/C29H36N2O2/c1-2-3-4-5-6-7-8-9-13-22-27(25-18-11-10-12-19-25)31-33-29(32)30-28-23-16-20-24-17-14-15-21-26(24)28/h10-12,14-21,23H,2-9,13,22H2,1H3,(H,30,32)/b31-27+. The van der Waals surface area contributed by atoms with Gasteiger partial charge in [0.15, 0.2) is 0 Å². The van der Waals surface area contributed by atoms with Crippen LogP contribution < -0.4 is 5.32 Å². The van der Waals surface area contributed by atoms with E-state index in [-0.39, 0.29) is 0 Å². The molecule has 1 N–H and O–H groups in total. The second-order valence-electron chi connectivity index (χ2n) is 8.51. The first kappa shape index (κ1) is 24.5. The van der Waals surface area contributed by atoms with E-state index in [0.717, 1.165) is 34.9 Å². The van der Waals surface area contributed by atoms with Gasteiger partial charge in [-0.3, -0.25) is 10.2 Å². The van der Waals surface area contributed by atoms with Gasteiger partial charge in [0.1, 0.15) is 0 Å². The van der Waals surface area contributed by atoms with Gasteiger partial charge in [-0.15, -0.1) is 0 Å². The Bertz CT molecular complexity index is 1010. The van der Waals surface area contributed by atoms with E-state index in [1.807, 2.05) is 72.8 Å². The highest BCUT2D eigenvalue weighted by Crippen LogP contribution is 2.23. The lowest BCUT2D eigenvalue weighted by Crippen LogP contribution is -2.13. The fraction of sp³-hybridized carbons (Fsp3) is 0.379. The van der Waals surface area contributed by atoms with Crippen molar-refractivity contribution >= 4 is 28.3 Å². The van der Waals surface area contributed by atoms with E-state index in [1.165, 1.54) is 51.4 Å². The normalized spacial score (nSPS) is 11.5. The van der Waals surface area contributed by atoms with Crippen molar-refractivity contribution in [3.8, 4) is 0 Å². The number of nitrogens with zero attached hydrogens (tertiary/aromatic N) is 1. The maximum atomic E-state index is 12.5. The molecule has 0 aliphatic carbocycles. The van der Waals surface area contributed by atoms with E-state index < -0.39 is 6.09 Å². The van der Waals surface area contributed by atoms with Gasteiger partial charge < -0.3 is 0 Å². The first-order chi connectivity index (χ1) is 16.3. The number of hydrogen-bond acceptors (Lipinski definition) is 3. The van der Waals surface area contributed by atoms with Gasteiger partial charge in [-0.1, -0.05) is 130 Å². The number of unbranched alkanes of at least 4 members (excludes halogenated alkanes) is 8. The molecule has 3 aromatic rings. The van der Waals surface area contributed by atoms with Gasteiger partial charge in [0.2, 0.25) is 0 Å². The predicted octanol–water partition coefficient (Wildman–Crippen LogP) is 8.71. The Morgan fingerprint density at radius 1 is 0.758 bits per heavy atom. The fourth-order valence-electron chi connectivity index (χ4n) is 4.04. The summed E-state index contributed by atoms with van der Waals surface area (Å²) in [5.74, 6) is 0. The molecule has 0 aromatic heterocycles. The molecule has 4 heteroatoms. The second kappa shape index (κ2) is 14.1. The lowest BCUT2D eigenvalue weighted by Gasteiger charge is -2.09. The van der Waals surface area contributed by atoms with Crippen molar-refractivity contribution < 1.29 is 9.63 Å². The minimum Gasteiger partial charge on any atom is -0.297 e. The Kier molecular flexibility index (Phi) is 10.5. The van der Waals surface area contributed by atoms with E-state index in [0.29, 0.717) is 5.69 Å². The van der Waals surface area contributed by atoms with Crippen LogP contribution in [0.2, 0.25) is 0 Å². The summed E-state index contributed by atoms with van der Waals surface area (Å²) >= 11 is 0. The molecule has 0 spiro atoms. The number of nitrogens with one attached hydrogen (secondary N) is 1. The van der Waals surface area contributed by atoms with Crippen molar-refractivity contribution in [3.63, 3.8) is 0 Å². The second-order valence-corrected chi connectivity index (χ2v) is 8.51. The lowest BCUT2D eigenvalue weighted by molar-refractivity contribution is 0.166. The number of carbonyl (C=O) groups excluding carboxylic acids is 1. The van der Waals surface area contributed by atoms with Crippen LogP contribution in [0.5, 0.6) is 0 Å². The van der Waals surface area contributed by atoms with Crippen LogP contribution in [0.25, 0.3) is 10.8 Å². The monoisotopic (exact) mass is 444 g/mol. The summed E-state index contributed by atoms with van der Waals surface area (Å²) in [6.45, 7) is 2.25. The van der Waals surface area contributed by atoms with E-state index >= 15 is 0 Å². The summed E-state index contributed by atoms with van der Waals surface area (Å²) in [6, 6.07) is 23.7. The maximum Gasteiger partial charge on any atom is 0.437 e. The van der Waals surface area contributed by atoms with Crippen molar-refractivity contribution in [1.82, 2.24) is 0 Å². The lowest BCUT2D eigenvalue weighted by atomic mass is 10.0. The molecule has 174 valence electrons. The van der Waals surface area contributed by atoms with E-state index in [1.54, 1.807) is 0 Å². The topological polar surface area (TPSA) is 50.7 Å². The van der Waals surface area contributed by atoms with Crippen LogP contribution in [0.3, 0.4) is 0 Å². The smallest absolute Gasteiger partial charge is 0.297 e. The molecule has 33 heavy (non-hydrogen) atoms. The van der Waals surface area contributed by atoms with Crippen LogP contribution >= 0.6 is 0 Å². The summed E-state index contributed by atoms with van der Waals surface area (Å²) in [4.78, 5) is 17.8. The number of anilines is 1. The van der Waals surface area contributed by atoms with Gasteiger partial charge in [-0.05, 0) is 29.9 Å². The molecule has 0 saturated carbocycles. The number of rotatable bonds is 13. The van der Waals surface area contributed by atoms with Gasteiger partial charge in [-0.25, -0.2) is 4.79 Å². The van der Waals surface area contributed by atoms with Gasteiger partial charge >= 0.3 is 6.09 Å². The zero-order chi connectivity index (χ0) is 23.1. The summed E-state index contributed by atoms with van der Waals surface area (Å²) in [5.41, 5.74) is 2.52. The molecule has 0 fully saturated rings. The largest absolute Gasteiger partial charge is 0.437 e. The molecule has 0 saturated heterocycles. The molecular weight excluding hydrogens is 408 g/mol. The summed E-state index contributed by atoms with van der Waals surface area (Å²) in [6.07, 6.45) is 11.7. The third kappa shape index (κ3) is 8.38. The van der Waals surface area contributed by atoms with E-state index in [4.69, 9.17) is 4.84 Å². The van der Waals surface area contributed by atoms with Crippen LogP contribution in [0, 0.1) is 0 Å². The number of oxime groups is 1. The number of benzene rings is 3. The molecule has 0 aliphatic heterocycles. The minimum atomic E-state index is -0.577. The molecule has 3 rings (SSSR count). The third-order valence-electron chi connectivity index (χ3n) is 5.89. The van der Waals surface area contributed by atoms with Crippen molar-refractivity contribution in [3.05, 3.63) is 78.4 Å². The quantitative estimate of drug-likeness (QED) is 0.124. The molecule has 3 aromatic carbocycles. The number of fused-ring (bicyclic) bond motifs is 1. The Hall–Kier alpha value is -3.14. The van der Waals surface area contributed by atoms with Crippen molar-refractivity contribution in [2.45, 2.75) is 71.1 Å². The third-order valence-corrected chi connectivity index (χ3v) is 5.89. The molecular formula is C29H36N2O2. The van der Waals surface area contributed by atoms with Gasteiger partial charge in [0.25, 0.3) is 0 Å². The highest BCUT2D eigenvalue weighted by atomic mass is 16.7. The molecule has 0 aliphatic rings. The summed E-state index contributed by atoms with van der Waals surface area (Å²) in [5, 5.41) is 9.11. The van der Waals surface area contributed by atoms with Crippen LogP contribution in [-0.4, -0.2) is 11.8 Å². The van der Waals surface area contributed by atoms with Crippen LogP contribution in [0.15, 0.2) is 78.0 Å². The van der Waals surface area contributed by atoms with Gasteiger partial charge in [0.05, 0.1) is 11.4 Å².